The summed E-state index contributed by atoms with van der Waals surface area (Å²) in [4.78, 5) is 53.4. The number of aliphatic carboxylic acids is 1. The molecule has 4 aliphatic rings. The summed E-state index contributed by atoms with van der Waals surface area (Å²) in [7, 11) is 0. The monoisotopic (exact) mass is 425 g/mol. The molecule has 5 rings (SSSR count). The van der Waals surface area contributed by atoms with E-state index >= 15 is 0 Å². The number of anilines is 1. The Morgan fingerprint density at radius 2 is 1.90 bits per heavy atom. The van der Waals surface area contributed by atoms with Gasteiger partial charge in [-0.15, -0.1) is 0 Å². The van der Waals surface area contributed by atoms with Crippen LogP contribution in [0.3, 0.4) is 0 Å². The van der Waals surface area contributed by atoms with E-state index in [0.717, 1.165) is 37.7 Å². The Balaban J connectivity index is 1.61. The number of para-hydroxylation sites is 1. The third-order valence-electron chi connectivity index (χ3n) is 7.60. The van der Waals surface area contributed by atoms with Gasteiger partial charge in [-0.25, -0.2) is 0 Å². The second kappa shape index (κ2) is 7.15. The molecule has 4 atom stereocenters. The minimum absolute atomic E-state index is 0.127. The minimum atomic E-state index is -1.34. The normalized spacial score (nSPS) is 32.5. The first-order valence-corrected chi connectivity index (χ1v) is 11.1. The number of carboxylic acid groups (broad SMARTS) is 1. The van der Waals surface area contributed by atoms with Crippen LogP contribution in [0.2, 0.25) is 0 Å². The van der Waals surface area contributed by atoms with Gasteiger partial charge in [-0.05, 0) is 31.7 Å². The van der Waals surface area contributed by atoms with E-state index in [1.807, 2.05) is 25.1 Å². The van der Waals surface area contributed by atoms with Crippen LogP contribution in [0.4, 0.5) is 5.69 Å². The van der Waals surface area contributed by atoms with Crippen molar-refractivity contribution in [1.82, 2.24) is 10.2 Å². The van der Waals surface area contributed by atoms with Gasteiger partial charge in [0.15, 0.2) is 0 Å². The maximum absolute atomic E-state index is 13.8. The predicted molar refractivity (Wildman–Crippen MR) is 111 cm³/mol. The van der Waals surface area contributed by atoms with E-state index in [1.54, 1.807) is 0 Å². The molecule has 31 heavy (non-hydrogen) atoms. The highest BCUT2D eigenvalue weighted by atomic mass is 16.4. The van der Waals surface area contributed by atoms with Crippen LogP contribution in [-0.4, -0.2) is 45.8 Å². The Bertz CT molecular complexity index is 985. The number of nitrogens with one attached hydrogen (secondary N) is 2. The lowest BCUT2D eigenvalue weighted by Crippen LogP contribution is -2.54. The Morgan fingerprint density at radius 1 is 1.16 bits per heavy atom. The van der Waals surface area contributed by atoms with Crippen molar-refractivity contribution in [3.8, 4) is 0 Å². The van der Waals surface area contributed by atoms with Crippen LogP contribution in [0, 0.1) is 18.8 Å². The van der Waals surface area contributed by atoms with Crippen LogP contribution in [0.25, 0.3) is 0 Å². The predicted octanol–water partition coefficient (Wildman–Crippen LogP) is 1.91. The fourth-order valence-electron chi connectivity index (χ4n) is 6.22. The number of amides is 3. The van der Waals surface area contributed by atoms with Gasteiger partial charge in [-0.3, -0.25) is 29.4 Å². The number of fused-ring (bicyclic) bond motifs is 4. The molecular formula is C23H27N3O5. The highest BCUT2D eigenvalue weighted by Gasteiger charge is 2.70. The fourth-order valence-corrected chi connectivity index (χ4v) is 6.22. The van der Waals surface area contributed by atoms with Crippen molar-refractivity contribution >= 4 is 29.4 Å². The molecule has 1 spiro atoms. The number of nitrogens with zero attached hydrogens (tertiary/aromatic N) is 1. The third kappa shape index (κ3) is 2.77. The summed E-state index contributed by atoms with van der Waals surface area (Å²) in [5, 5.41) is 15.4. The number of rotatable bonds is 4. The SMILES string of the molecule is Cc1cccc2c1NC(=O)[C@]21N[C@H](CCC(=O)O)[C@H]2C(=O)N(C3CCCCC3)C(=O)[C@@H]21. The average molecular weight is 425 g/mol. The fraction of sp³-hybridized carbons (Fsp3) is 0.565. The van der Waals surface area contributed by atoms with Crippen molar-refractivity contribution in [2.75, 3.05) is 5.32 Å². The Morgan fingerprint density at radius 3 is 2.61 bits per heavy atom. The maximum Gasteiger partial charge on any atom is 0.303 e. The zero-order chi connectivity index (χ0) is 21.9. The number of carbonyl (C=O) groups is 4. The molecule has 0 unspecified atom stereocenters. The van der Waals surface area contributed by atoms with E-state index in [2.05, 4.69) is 10.6 Å². The number of aryl methyl sites for hydroxylation is 1. The van der Waals surface area contributed by atoms with Crippen LogP contribution < -0.4 is 10.6 Å². The van der Waals surface area contributed by atoms with E-state index in [9.17, 15) is 24.3 Å². The minimum Gasteiger partial charge on any atom is -0.481 e. The van der Waals surface area contributed by atoms with Crippen molar-refractivity contribution in [3.05, 3.63) is 29.3 Å². The average Bonchev–Trinajstić information content (AvgIpc) is 3.33. The third-order valence-corrected chi connectivity index (χ3v) is 7.60. The Kier molecular flexibility index (Phi) is 4.66. The summed E-state index contributed by atoms with van der Waals surface area (Å²) in [6.45, 7) is 1.89. The van der Waals surface area contributed by atoms with Crippen LogP contribution >= 0.6 is 0 Å². The van der Waals surface area contributed by atoms with Crippen molar-refractivity contribution in [2.45, 2.75) is 69.5 Å². The van der Waals surface area contributed by atoms with Crippen molar-refractivity contribution in [2.24, 2.45) is 11.8 Å². The molecule has 3 heterocycles. The van der Waals surface area contributed by atoms with Crippen molar-refractivity contribution < 1.29 is 24.3 Å². The van der Waals surface area contributed by atoms with Gasteiger partial charge >= 0.3 is 5.97 Å². The molecule has 1 saturated carbocycles. The van der Waals surface area contributed by atoms with E-state index < -0.39 is 29.4 Å². The highest BCUT2D eigenvalue weighted by Crippen LogP contribution is 2.54. The molecule has 0 radical (unpaired) electrons. The van der Waals surface area contributed by atoms with Gasteiger partial charge in [0.05, 0.1) is 11.8 Å². The zero-order valence-corrected chi connectivity index (χ0v) is 17.5. The molecule has 3 aliphatic heterocycles. The lowest BCUT2D eigenvalue weighted by Gasteiger charge is -2.34. The summed E-state index contributed by atoms with van der Waals surface area (Å²) in [5.41, 5.74) is 0.896. The standard InChI is InChI=1S/C23H27N3O5/c1-12-6-5-9-14-19(12)24-22(31)23(14)18-17(15(25-23)10-11-16(27)28)20(29)26(21(18)30)13-7-3-2-4-8-13/h5-6,9,13,15,17-18,25H,2-4,7-8,10-11H2,1H3,(H,24,31)(H,27,28)/t15-,17-,18-,23+/m1/s1. The van der Waals surface area contributed by atoms with Gasteiger partial charge in [0.25, 0.3) is 0 Å². The summed E-state index contributed by atoms with van der Waals surface area (Å²) in [6, 6.07) is 4.88. The van der Waals surface area contributed by atoms with Crippen molar-refractivity contribution in [1.29, 1.82) is 0 Å². The Labute approximate surface area is 180 Å². The first-order chi connectivity index (χ1) is 14.9. The van der Waals surface area contributed by atoms with E-state index in [1.165, 1.54) is 4.90 Å². The highest BCUT2D eigenvalue weighted by molar-refractivity contribution is 6.15. The quantitative estimate of drug-likeness (QED) is 0.635. The molecule has 3 amide bonds. The maximum atomic E-state index is 13.8. The molecule has 3 fully saturated rings. The number of imide groups is 1. The molecule has 1 aromatic rings. The van der Waals surface area contributed by atoms with Gasteiger partial charge in [-0.1, -0.05) is 37.5 Å². The van der Waals surface area contributed by atoms with Crippen LogP contribution in [0.5, 0.6) is 0 Å². The van der Waals surface area contributed by atoms with Gasteiger partial charge in [0.1, 0.15) is 5.54 Å². The number of hydrogen-bond acceptors (Lipinski definition) is 5. The van der Waals surface area contributed by atoms with Gasteiger partial charge < -0.3 is 10.4 Å². The first kappa shape index (κ1) is 20.2. The molecule has 8 heteroatoms. The smallest absolute Gasteiger partial charge is 0.303 e. The second-order valence-electron chi connectivity index (χ2n) is 9.28. The van der Waals surface area contributed by atoms with E-state index in [0.29, 0.717) is 11.3 Å². The largest absolute Gasteiger partial charge is 0.481 e. The number of likely N-dealkylation sites (tertiary alicyclic amines) is 1. The topological polar surface area (TPSA) is 116 Å². The second-order valence-corrected chi connectivity index (χ2v) is 9.28. The van der Waals surface area contributed by atoms with Crippen molar-refractivity contribution in [3.63, 3.8) is 0 Å². The summed E-state index contributed by atoms with van der Waals surface area (Å²) >= 11 is 0. The number of carbonyl (C=O) groups excluding carboxylic acids is 3. The molecule has 1 aromatic carbocycles. The molecule has 1 aliphatic carbocycles. The van der Waals surface area contributed by atoms with Crippen LogP contribution in [0.1, 0.15) is 56.1 Å². The molecule has 2 saturated heterocycles. The molecular weight excluding hydrogens is 398 g/mol. The summed E-state index contributed by atoms with van der Waals surface area (Å²) in [5.74, 6) is -3.44. The summed E-state index contributed by atoms with van der Waals surface area (Å²) in [6.07, 6.45) is 4.69. The van der Waals surface area contributed by atoms with E-state index in [-0.39, 0.29) is 36.6 Å². The molecule has 0 bridgehead atoms. The van der Waals surface area contributed by atoms with Crippen LogP contribution in [0.15, 0.2) is 18.2 Å². The number of hydrogen-bond donors (Lipinski definition) is 3. The van der Waals surface area contributed by atoms with Gasteiger partial charge in [-0.2, -0.15) is 0 Å². The lowest BCUT2D eigenvalue weighted by molar-refractivity contribution is -0.146. The molecule has 8 nitrogen and oxygen atoms in total. The zero-order valence-electron chi connectivity index (χ0n) is 17.5. The molecule has 164 valence electrons. The Hall–Kier alpha value is -2.74. The number of carboxylic acids is 1. The lowest BCUT2D eigenvalue weighted by atomic mass is 9.76. The first-order valence-electron chi connectivity index (χ1n) is 11.1. The molecule has 0 aromatic heterocycles. The van der Waals surface area contributed by atoms with Crippen LogP contribution in [-0.2, 0) is 24.7 Å². The summed E-state index contributed by atoms with van der Waals surface area (Å²) < 4.78 is 0. The molecule has 3 N–H and O–H groups in total. The number of benzene rings is 1. The van der Waals surface area contributed by atoms with Gasteiger partial charge in [0.2, 0.25) is 17.7 Å². The van der Waals surface area contributed by atoms with Gasteiger partial charge in [0, 0.05) is 29.8 Å². The van der Waals surface area contributed by atoms with E-state index in [4.69, 9.17) is 0 Å².